The number of rotatable bonds is 4. The van der Waals surface area contributed by atoms with Crippen LogP contribution in [0.15, 0.2) is 40.9 Å². The second kappa shape index (κ2) is 6.74. The van der Waals surface area contributed by atoms with Crippen LogP contribution in [-0.2, 0) is 15.9 Å². The molecule has 2 aromatic rings. The van der Waals surface area contributed by atoms with Crippen molar-refractivity contribution in [1.29, 1.82) is 0 Å². The Balaban J connectivity index is 1.79. The van der Waals surface area contributed by atoms with E-state index in [4.69, 9.17) is 14.0 Å². The van der Waals surface area contributed by atoms with Gasteiger partial charge >= 0.3 is 7.12 Å². The van der Waals surface area contributed by atoms with Gasteiger partial charge in [0.05, 0.1) is 15.7 Å². The molecular weight excluding hydrogens is 381 g/mol. The number of ether oxygens (including phenoxy) is 1. The van der Waals surface area contributed by atoms with Crippen LogP contribution in [0.3, 0.4) is 0 Å². The molecule has 1 aliphatic rings. The van der Waals surface area contributed by atoms with Gasteiger partial charge in [0, 0.05) is 11.2 Å². The van der Waals surface area contributed by atoms with E-state index in [1.807, 2.05) is 71.0 Å². The summed E-state index contributed by atoms with van der Waals surface area (Å²) in [6.07, 6.45) is 0. The van der Waals surface area contributed by atoms with Gasteiger partial charge in [0.1, 0.15) is 6.61 Å². The predicted octanol–water partition coefficient (Wildman–Crippen LogP) is 4.03. The molecule has 0 N–H and O–H groups in total. The Morgan fingerprint density at radius 1 is 1.08 bits per heavy atom. The van der Waals surface area contributed by atoms with Crippen LogP contribution in [0, 0.1) is 6.92 Å². The average Bonchev–Trinajstić information content (AvgIpc) is 2.76. The van der Waals surface area contributed by atoms with Gasteiger partial charge in [-0.2, -0.15) is 0 Å². The van der Waals surface area contributed by atoms with Gasteiger partial charge in [-0.15, -0.1) is 0 Å². The van der Waals surface area contributed by atoms with E-state index in [2.05, 4.69) is 20.9 Å². The molecule has 0 amide bonds. The third-order valence-corrected chi connectivity index (χ3v) is 5.47. The molecule has 0 atom stereocenters. The highest BCUT2D eigenvalue weighted by Crippen LogP contribution is 2.37. The molecule has 0 saturated carbocycles. The summed E-state index contributed by atoms with van der Waals surface area (Å²) in [5.74, 6) is 0.571. The molecule has 2 heterocycles. The van der Waals surface area contributed by atoms with Crippen molar-refractivity contribution >= 4 is 28.5 Å². The number of aryl methyl sites for hydroxylation is 1. The zero-order valence-corrected chi connectivity index (χ0v) is 16.9. The van der Waals surface area contributed by atoms with Gasteiger partial charge in [0.25, 0.3) is 0 Å². The first-order chi connectivity index (χ1) is 11.7. The van der Waals surface area contributed by atoms with E-state index in [-0.39, 0.29) is 11.2 Å². The van der Waals surface area contributed by atoms with Crippen molar-refractivity contribution < 1.29 is 14.0 Å². The van der Waals surface area contributed by atoms with Gasteiger partial charge in [0.15, 0.2) is 0 Å². The first-order valence-corrected chi connectivity index (χ1v) is 9.18. The van der Waals surface area contributed by atoms with E-state index in [1.165, 1.54) is 0 Å². The molecule has 0 aliphatic carbocycles. The summed E-state index contributed by atoms with van der Waals surface area (Å²) < 4.78 is 18.9. The molecule has 6 heteroatoms. The van der Waals surface area contributed by atoms with Crippen LogP contribution in [0.5, 0.6) is 5.88 Å². The fourth-order valence-electron chi connectivity index (χ4n) is 2.61. The highest BCUT2D eigenvalue weighted by Gasteiger charge is 2.52. The second-order valence-corrected chi connectivity index (χ2v) is 8.17. The average molecular weight is 404 g/mol. The molecule has 0 spiro atoms. The van der Waals surface area contributed by atoms with Crippen LogP contribution in [-0.4, -0.2) is 23.3 Å². The summed E-state index contributed by atoms with van der Waals surface area (Å²) in [5.41, 5.74) is 2.10. The summed E-state index contributed by atoms with van der Waals surface area (Å²) >= 11 is 3.56. The molecule has 1 fully saturated rings. The number of hydrogen-bond donors (Lipinski definition) is 0. The minimum Gasteiger partial charge on any atom is -0.472 e. The Morgan fingerprint density at radius 2 is 1.68 bits per heavy atom. The van der Waals surface area contributed by atoms with Crippen LogP contribution in [0.2, 0.25) is 0 Å². The fourth-order valence-corrected chi connectivity index (χ4v) is 3.06. The topological polar surface area (TPSA) is 40.6 Å². The maximum Gasteiger partial charge on any atom is 0.496 e. The van der Waals surface area contributed by atoms with Crippen molar-refractivity contribution in [2.24, 2.45) is 0 Å². The van der Waals surface area contributed by atoms with Gasteiger partial charge in [-0.1, -0.05) is 30.3 Å². The first-order valence-electron chi connectivity index (χ1n) is 8.39. The molecule has 25 heavy (non-hydrogen) atoms. The number of benzene rings is 1. The fraction of sp³-hybridized carbons (Fsp3) is 0.421. The molecule has 132 valence electrons. The van der Waals surface area contributed by atoms with Crippen LogP contribution in [0.1, 0.15) is 39.0 Å². The number of pyridine rings is 1. The van der Waals surface area contributed by atoms with E-state index in [1.54, 1.807) is 0 Å². The van der Waals surface area contributed by atoms with Gasteiger partial charge in [-0.3, -0.25) is 0 Å². The van der Waals surface area contributed by atoms with Crippen LogP contribution < -0.4 is 10.2 Å². The van der Waals surface area contributed by atoms with E-state index < -0.39 is 7.12 Å². The minimum absolute atomic E-state index is 0.376. The Kier molecular flexibility index (Phi) is 4.97. The van der Waals surface area contributed by atoms with E-state index >= 15 is 0 Å². The van der Waals surface area contributed by atoms with Gasteiger partial charge < -0.3 is 14.0 Å². The first kappa shape index (κ1) is 18.4. The molecule has 0 radical (unpaired) electrons. The predicted molar refractivity (Wildman–Crippen MR) is 103 cm³/mol. The lowest BCUT2D eigenvalue weighted by Gasteiger charge is -2.32. The minimum atomic E-state index is -0.433. The van der Waals surface area contributed by atoms with Crippen LogP contribution in [0.25, 0.3) is 0 Å². The Morgan fingerprint density at radius 3 is 2.28 bits per heavy atom. The van der Waals surface area contributed by atoms with Crippen LogP contribution >= 0.6 is 15.9 Å². The maximum absolute atomic E-state index is 6.13. The highest BCUT2D eigenvalue weighted by molar-refractivity contribution is 9.10. The number of nitrogens with zero attached hydrogens (tertiary/aromatic N) is 1. The van der Waals surface area contributed by atoms with Crippen molar-refractivity contribution in [3.05, 3.63) is 52.1 Å². The molecule has 1 aliphatic heterocycles. The number of hydrogen-bond acceptors (Lipinski definition) is 4. The smallest absolute Gasteiger partial charge is 0.472 e. The van der Waals surface area contributed by atoms with E-state index in [9.17, 15) is 0 Å². The zero-order valence-electron chi connectivity index (χ0n) is 15.3. The third kappa shape index (κ3) is 3.76. The molecule has 0 bridgehead atoms. The van der Waals surface area contributed by atoms with Crippen molar-refractivity contribution in [2.75, 3.05) is 0 Å². The Bertz CT molecular complexity index is 749. The Hall–Kier alpha value is -1.37. The van der Waals surface area contributed by atoms with Crippen molar-refractivity contribution in [3.63, 3.8) is 0 Å². The van der Waals surface area contributed by atoms with Gasteiger partial charge in [0.2, 0.25) is 5.88 Å². The van der Waals surface area contributed by atoms with Crippen molar-refractivity contribution in [2.45, 2.75) is 52.4 Å². The highest BCUT2D eigenvalue weighted by atomic mass is 79.9. The molecule has 1 aromatic heterocycles. The maximum atomic E-state index is 6.13. The van der Waals surface area contributed by atoms with Crippen molar-refractivity contribution in [3.8, 4) is 5.88 Å². The molecule has 4 nitrogen and oxygen atoms in total. The molecule has 1 saturated heterocycles. The lowest BCUT2D eigenvalue weighted by atomic mass is 9.78. The largest absolute Gasteiger partial charge is 0.496 e. The van der Waals surface area contributed by atoms with Gasteiger partial charge in [-0.25, -0.2) is 4.98 Å². The Labute approximate surface area is 158 Å². The summed E-state index contributed by atoms with van der Waals surface area (Å²) in [4.78, 5) is 4.60. The van der Waals surface area contributed by atoms with E-state index in [0.717, 1.165) is 21.2 Å². The normalized spacial score (nSPS) is 18.4. The molecule has 1 aromatic carbocycles. The van der Waals surface area contributed by atoms with Gasteiger partial charge in [-0.05, 0) is 62.2 Å². The number of halogens is 1. The second-order valence-electron chi connectivity index (χ2n) is 7.31. The lowest BCUT2D eigenvalue weighted by Crippen LogP contribution is -2.41. The quantitative estimate of drug-likeness (QED) is 0.722. The summed E-state index contributed by atoms with van der Waals surface area (Å²) in [6, 6.07) is 12.0. The molecule has 3 rings (SSSR count). The van der Waals surface area contributed by atoms with Crippen molar-refractivity contribution in [1.82, 2.24) is 4.98 Å². The number of aromatic nitrogens is 1. The standard InChI is InChI=1S/C19H23BBrNO3/c1-13-15(20-24-18(2,3)19(4,5)25-20)11-16(21)17(22-13)23-12-14-9-7-6-8-10-14/h6-11H,12H2,1-5H3. The monoisotopic (exact) mass is 403 g/mol. The third-order valence-electron chi connectivity index (χ3n) is 4.90. The van der Waals surface area contributed by atoms with Crippen LogP contribution in [0.4, 0.5) is 0 Å². The summed E-state index contributed by atoms with van der Waals surface area (Å²) in [7, 11) is -0.433. The zero-order chi connectivity index (χ0) is 18.2. The SMILES string of the molecule is Cc1nc(OCc2ccccc2)c(Br)cc1B1OC(C)(C)C(C)(C)O1. The molecule has 0 unspecified atom stereocenters. The summed E-state index contributed by atoms with van der Waals surface area (Å²) in [5, 5.41) is 0. The van der Waals surface area contributed by atoms with E-state index in [0.29, 0.717) is 12.5 Å². The lowest BCUT2D eigenvalue weighted by molar-refractivity contribution is 0.00578. The molecular formula is C19H23BBrNO3. The summed E-state index contributed by atoms with van der Waals surface area (Å²) in [6.45, 7) is 10.6.